The van der Waals surface area contributed by atoms with Crippen LogP contribution in [0.1, 0.15) is 16.8 Å². The molecule has 2 N–H and O–H groups in total. The molecule has 0 aliphatic carbocycles. The lowest BCUT2D eigenvalue weighted by molar-refractivity contribution is 0.0953. The molecule has 0 spiro atoms. The van der Waals surface area contributed by atoms with E-state index in [2.05, 4.69) is 33.2 Å². The van der Waals surface area contributed by atoms with E-state index >= 15 is 0 Å². The summed E-state index contributed by atoms with van der Waals surface area (Å²) >= 11 is 2.21. The molecule has 2 rings (SSSR count). The van der Waals surface area contributed by atoms with Crippen LogP contribution in [-0.2, 0) is 0 Å². The van der Waals surface area contributed by atoms with E-state index in [9.17, 15) is 4.79 Å². The molecule has 2 aromatic carbocycles. The highest BCUT2D eigenvalue weighted by molar-refractivity contribution is 14.1. The summed E-state index contributed by atoms with van der Waals surface area (Å²) in [6.45, 7) is 1.51. The number of rotatable bonds is 6. The van der Waals surface area contributed by atoms with Crippen molar-refractivity contribution in [1.29, 1.82) is 0 Å². The Bertz CT molecular complexity index is 557. The van der Waals surface area contributed by atoms with Gasteiger partial charge in [0.25, 0.3) is 5.91 Å². The van der Waals surface area contributed by atoms with Crippen molar-refractivity contribution in [1.82, 2.24) is 5.32 Å². The van der Waals surface area contributed by atoms with Crippen molar-refractivity contribution in [2.45, 2.75) is 6.42 Å². The van der Waals surface area contributed by atoms with Crippen LogP contribution in [0.25, 0.3) is 0 Å². The molecule has 104 valence electrons. The van der Waals surface area contributed by atoms with E-state index in [4.69, 9.17) is 0 Å². The smallest absolute Gasteiger partial charge is 0.251 e. The molecule has 0 saturated heterocycles. The number of para-hydroxylation sites is 1. The molecular formula is C16H17IN2O. The van der Waals surface area contributed by atoms with Gasteiger partial charge in [-0.25, -0.2) is 0 Å². The second kappa shape index (κ2) is 7.89. The first-order chi connectivity index (χ1) is 9.75. The molecular weight excluding hydrogens is 363 g/mol. The average Bonchev–Trinajstić information content (AvgIpc) is 2.48. The third kappa shape index (κ3) is 4.85. The lowest BCUT2D eigenvalue weighted by Crippen LogP contribution is -2.25. The van der Waals surface area contributed by atoms with Crippen molar-refractivity contribution in [2.24, 2.45) is 0 Å². The predicted octanol–water partition coefficient (Wildman–Crippen LogP) is 3.52. The normalized spacial score (nSPS) is 10.1. The summed E-state index contributed by atoms with van der Waals surface area (Å²) in [5.41, 5.74) is 1.82. The lowest BCUT2D eigenvalue weighted by Gasteiger charge is -2.07. The Kier molecular flexibility index (Phi) is 5.86. The topological polar surface area (TPSA) is 41.1 Å². The summed E-state index contributed by atoms with van der Waals surface area (Å²) in [6.07, 6.45) is 0.893. The van der Waals surface area contributed by atoms with E-state index in [1.54, 1.807) is 0 Å². The standard InChI is InChI=1S/C16H17IN2O/c17-14-7-4-6-13(12-14)16(20)19-11-5-10-18-15-8-2-1-3-9-15/h1-4,6-9,12,18H,5,10-11H2,(H,19,20). The molecule has 0 radical (unpaired) electrons. The average molecular weight is 380 g/mol. The van der Waals surface area contributed by atoms with Crippen LogP contribution in [0.15, 0.2) is 54.6 Å². The van der Waals surface area contributed by atoms with Crippen LogP contribution < -0.4 is 10.6 Å². The zero-order valence-electron chi connectivity index (χ0n) is 11.1. The Balaban J connectivity index is 1.67. The fraction of sp³-hybridized carbons (Fsp3) is 0.188. The second-order valence-electron chi connectivity index (χ2n) is 4.41. The largest absolute Gasteiger partial charge is 0.385 e. The summed E-state index contributed by atoms with van der Waals surface area (Å²) in [5.74, 6) is -0.0109. The Morgan fingerprint density at radius 2 is 1.80 bits per heavy atom. The lowest BCUT2D eigenvalue weighted by atomic mass is 10.2. The minimum absolute atomic E-state index is 0.0109. The van der Waals surface area contributed by atoms with Gasteiger partial charge in [-0.3, -0.25) is 4.79 Å². The van der Waals surface area contributed by atoms with Crippen LogP contribution in [0.4, 0.5) is 5.69 Å². The summed E-state index contributed by atoms with van der Waals surface area (Å²) in [7, 11) is 0. The van der Waals surface area contributed by atoms with Gasteiger partial charge in [0, 0.05) is 27.9 Å². The van der Waals surface area contributed by atoms with Crippen molar-refractivity contribution in [3.05, 3.63) is 63.7 Å². The van der Waals surface area contributed by atoms with Crippen molar-refractivity contribution in [3.8, 4) is 0 Å². The number of carbonyl (C=O) groups is 1. The number of anilines is 1. The highest BCUT2D eigenvalue weighted by Crippen LogP contribution is 2.07. The summed E-state index contributed by atoms with van der Waals surface area (Å²) in [4.78, 5) is 11.9. The molecule has 0 bridgehead atoms. The number of hydrogen-bond acceptors (Lipinski definition) is 2. The first-order valence-corrected chi connectivity index (χ1v) is 7.66. The predicted molar refractivity (Wildman–Crippen MR) is 91.0 cm³/mol. The number of halogens is 1. The number of hydrogen-bond donors (Lipinski definition) is 2. The highest BCUT2D eigenvalue weighted by atomic mass is 127. The maximum absolute atomic E-state index is 11.9. The number of amides is 1. The SMILES string of the molecule is O=C(NCCCNc1ccccc1)c1cccc(I)c1. The van der Waals surface area contributed by atoms with Crippen molar-refractivity contribution >= 4 is 34.2 Å². The molecule has 0 unspecified atom stereocenters. The molecule has 4 heteroatoms. The molecule has 2 aromatic rings. The van der Waals surface area contributed by atoms with Gasteiger partial charge in [0.2, 0.25) is 0 Å². The maximum atomic E-state index is 11.9. The molecule has 0 aromatic heterocycles. The van der Waals surface area contributed by atoms with E-state index in [0.29, 0.717) is 12.1 Å². The van der Waals surface area contributed by atoms with E-state index in [-0.39, 0.29) is 5.91 Å². The third-order valence-corrected chi connectivity index (χ3v) is 3.50. The Morgan fingerprint density at radius 1 is 1.00 bits per heavy atom. The quantitative estimate of drug-likeness (QED) is 0.595. The summed E-state index contributed by atoms with van der Waals surface area (Å²) < 4.78 is 1.07. The van der Waals surface area contributed by atoms with Gasteiger partial charge in [-0.1, -0.05) is 24.3 Å². The van der Waals surface area contributed by atoms with Gasteiger partial charge in [-0.05, 0) is 59.3 Å². The van der Waals surface area contributed by atoms with Gasteiger partial charge in [-0.2, -0.15) is 0 Å². The Hall–Kier alpha value is -1.56. The summed E-state index contributed by atoms with van der Waals surface area (Å²) in [6, 6.07) is 17.6. The monoisotopic (exact) mass is 380 g/mol. The summed E-state index contributed by atoms with van der Waals surface area (Å²) in [5, 5.41) is 6.24. The second-order valence-corrected chi connectivity index (χ2v) is 5.66. The van der Waals surface area contributed by atoms with E-state index in [1.165, 1.54) is 0 Å². The molecule has 20 heavy (non-hydrogen) atoms. The first kappa shape index (κ1) is 14.8. The van der Waals surface area contributed by atoms with Crippen LogP contribution in [-0.4, -0.2) is 19.0 Å². The third-order valence-electron chi connectivity index (χ3n) is 2.83. The number of carbonyl (C=O) groups excluding carboxylic acids is 1. The zero-order chi connectivity index (χ0) is 14.2. The van der Waals surface area contributed by atoms with E-state index in [1.807, 2.05) is 54.6 Å². The van der Waals surface area contributed by atoms with Crippen molar-refractivity contribution in [3.63, 3.8) is 0 Å². The van der Waals surface area contributed by atoms with Crippen LogP contribution in [0, 0.1) is 3.57 Å². The van der Waals surface area contributed by atoms with Gasteiger partial charge in [-0.15, -0.1) is 0 Å². The fourth-order valence-corrected chi connectivity index (χ4v) is 2.35. The van der Waals surface area contributed by atoms with E-state index in [0.717, 1.165) is 22.2 Å². The molecule has 3 nitrogen and oxygen atoms in total. The number of nitrogens with one attached hydrogen (secondary N) is 2. The molecule has 0 aliphatic rings. The Labute approximate surface area is 132 Å². The molecule has 0 atom stereocenters. The first-order valence-electron chi connectivity index (χ1n) is 6.58. The van der Waals surface area contributed by atoms with E-state index < -0.39 is 0 Å². The zero-order valence-corrected chi connectivity index (χ0v) is 13.3. The molecule has 1 amide bonds. The minimum atomic E-state index is -0.0109. The van der Waals surface area contributed by atoms with Crippen LogP contribution in [0.2, 0.25) is 0 Å². The van der Waals surface area contributed by atoms with Gasteiger partial charge in [0.15, 0.2) is 0 Å². The number of benzene rings is 2. The van der Waals surface area contributed by atoms with Gasteiger partial charge in [0.05, 0.1) is 0 Å². The van der Waals surface area contributed by atoms with Gasteiger partial charge < -0.3 is 10.6 Å². The minimum Gasteiger partial charge on any atom is -0.385 e. The fourth-order valence-electron chi connectivity index (χ4n) is 1.81. The maximum Gasteiger partial charge on any atom is 0.251 e. The van der Waals surface area contributed by atoms with Gasteiger partial charge >= 0.3 is 0 Å². The van der Waals surface area contributed by atoms with Crippen LogP contribution in [0.5, 0.6) is 0 Å². The molecule has 0 aliphatic heterocycles. The molecule has 0 saturated carbocycles. The van der Waals surface area contributed by atoms with Crippen LogP contribution in [0.3, 0.4) is 0 Å². The van der Waals surface area contributed by atoms with Crippen molar-refractivity contribution < 1.29 is 4.79 Å². The molecule has 0 fully saturated rings. The Morgan fingerprint density at radius 3 is 2.55 bits per heavy atom. The van der Waals surface area contributed by atoms with Gasteiger partial charge in [0.1, 0.15) is 0 Å². The van der Waals surface area contributed by atoms with Crippen LogP contribution >= 0.6 is 22.6 Å². The van der Waals surface area contributed by atoms with Crippen molar-refractivity contribution in [2.75, 3.05) is 18.4 Å². The highest BCUT2D eigenvalue weighted by Gasteiger charge is 2.04. The molecule has 0 heterocycles.